The van der Waals surface area contributed by atoms with Gasteiger partial charge in [-0.2, -0.15) is 0 Å². The monoisotopic (exact) mass is 354 g/mol. The maximum Gasteiger partial charge on any atom is 0.259 e. The molecule has 1 aromatic carbocycles. The number of amides is 2. The zero-order chi connectivity index (χ0) is 17.3. The summed E-state index contributed by atoms with van der Waals surface area (Å²) in [7, 11) is 0. The van der Waals surface area contributed by atoms with Crippen molar-refractivity contribution >= 4 is 23.4 Å². The molecule has 2 aliphatic heterocycles. The Morgan fingerprint density at radius 2 is 2.00 bits per heavy atom. The van der Waals surface area contributed by atoms with E-state index in [1.807, 2.05) is 0 Å². The Labute approximate surface area is 145 Å². The predicted octanol–water partition coefficient (Wildman–Crippen LogP) is 2.07. The van der Waals surface area contributed by atoms with Gasteiger partial charge in [-0.1, -0.05) is 17.7 Å². The first-order valence-electron chi connectivity index (χ1n) is 8.17. The number of benzene rings is 1. The molecule has 0 aromatic heterocycles. The van der Waals surface area contributed by atoms with Crippen molar-refractivity contribution in [3.63, 3.8) is 0 Å². The standard InChI is InChI=1S/C17H20ClFN2O3/c18-12-4-1-5-13(19)14(12)15(23)21-9-3-7-17(21)6-2-8-20(10-11-22)16(17)24/h1,4-5,22H,2-3,6-11H2. The van der Waals surface area contributed by atoms with Gasteiger partial charge in [-0.25, -0.2) is 4.39 Å². The number of β-amino-alcohol motifs (C(OH)–C–C–N with tert-alkyl or cyclic N) is 1. The van der Waals surface area contributed by atoms with Crippen LogP contribution in [0.1, 0.15) is 36.0 Å². The van der Waals surface area contributed by atoms with Crippen LogP contribution in [0.4, 0.5) is 4.39 Å². The molecule has 2 amide bonds. The Bertz CT molecular complexity index is 647. The number of likely N-dealkylation sites (tertiary alicyclic amines) is 2. The Morgan fingerprint density at radius 1 is 1.29 bits per heavy atom. The van der Waals surface area contributed by atoms with Gasteiger partial charge >= 0.3 is 0 Å². The maximum absolute atomic E-state index is 14.1. The quantitative estimate of drug-likeness (QED) is 0.904. The first kappa shape index (κ1) is 17.2. The lowest BCUT2D eigenvalue weighted by molar-refractivity contribution is -0.146. The molecular weight excluding hydrogens is 335 g/mol. The van der Waals surface area contributed by atoms with E-state index in [0.717, 1.165) is 6.42 Å². The predicted molar refractivity (Wildman–Crippen MR) is 87.3 cm³/mol. The van der Waals surface area contributed by atoms with Gasteiger partial charge in [0.2, 0.25) is 5.91 Å². The van der Waals surface area contributed by atoms with Crippen LogP contribution in [0.15, 0.2) is 18.2 Å². The van der Waals surface area contributed by atoms with Crippen LogP contribution in [0.2, 0.25) is 5.02 Å². The lowest BCUT2D eigenvalue weighted by Crippen LogP contribution is -2.61. The molecule has 1 atom stereocenters. The van der Waals surface area contributed by atoms with Crippen LogP contribution in [-0.4, -0.2) is 58.5 Å². The number of hydrogen-bond acceptors (Lipinski definition) is 3. The summed E-state index contributed by atoms with van der Waals surface area (Å²) in [4.78, 5) is 29.0. The van der Waals surface area contributed by atoms with E-state index in [1.54, 1.807) is 4.90 Å². The van der Waals surface area contributed by atoms with Crippen molar-refractivity contribution in [2.75, 3.05) is 26.2 Å². The van der Waals surface area contributed by atoms with E-state index in [4.69, 9.17) is 16.7 Å². The van der Waals surface area contributed by atoms with E-state index in [1.165, 1.54) is 23.1 Å². The molecule has 2 heterocycles. The summed E-state index contributed by atoms with van der Waals surface area (Å²) < 4.78 is 14.1. The molecule has 7 heteroatoms. The third kappa shape index (κ3) is 2.67. The Kier molecular flexibility index (Phi) is 4.78. The van der Waals surface area contributed by atoms with Gasteiger partial charge in [0.15, 0.2) is 0 Å². The fourth-order valence-electron chi connectivity index (χ4n) is 3.89. The Balaban J connectivity index is 1.95. The number of carbonyl (C=O) groups is 2. The average Bonchev–Trinajstić information content (AvgIpc) is 2.96. The minimum Gasteiger partial charge on any atom is -0.395 e. The number of aliphatic hydroxyl groups excluding tert-OH is 1. The second kappa shape index (κ2) is 6.69. The van der Waals surface area contributed by atoms with Crippen molar-refractivity contribution < 1.29 is 19.1 Å². The molecule has 1 spiro atoms. The van der Waals surface area contributed by atoms with Gasteiger partial charge in [-0.05, 0) is 37.8 Å². The van der Waals surface area contributed by atoms with Crippen molar-refractivity contribution in [2.24, 2.45) is 0 Å². The number of carbonyl (C=O) groups excluding carboxylic acids is 2. The van der Waals surface area contributed by atoms with E-state index >= 15 is 0 Å². The molecule has 0 aliphatic carbocycles. The molecule has 0 radical (unpaired) electrons. The Hall–Kier alpha value is -1.66. The largest absolute Gasteiger partial charge is 0.395 e. The van der Waals surface area contributed by atoms with Crippen molar-refractivity contribution in [1.29, 1.82) is 0 Å². The second-order valence-corrected chi connectivity index (χ2v) is 6.72. The fraction of sp³-hybridized carbons (Fsp3) is 0.529. The second-order valence-electron chi connectivity index (χ2n) is 6.31. The molecule has 2 fully saturated rings. The zero-order valence-corrected chi connectivity index (χ0v) is 14.1. The van der Waals surface area contributed by atoms with E-state index in [-0.39, 0.29) is 29.6 Å². The summed E-state index contributed by atoms with van der Waals surface area (Å²) in [6, 6.07) is 4.12. The molecule has 1 aromatic rings. The molecule has 0 saturated carbocycles. The first-order valence-corrected chi connectivity index (χ1v) is 8.55. The molecule has 5 nitrogen and oxygen atoms in total. The molecule has 1 unspecified atom stereocenters. The zero-order valence-electron chi connectivity index (χ0n) is 13.3. The summed E-state index contributed by atoms with van der Waals surface area (Å²) in [5.41, 5.74) is -1.11. The van der Waals surface area contributed by atoms with Crippen molar-refractivity contribution in [1.82, 2.24) is 9.80 Å². The topological polar surface area (TPSA) is 60.9 Å². The molecule has 1 N–H and O–H groups in total. The number of rotatable bonds is 3. The van der Waals surface area contributed by atoms with Crippen LogP contribution < -0.4 is 0 Å². The van der Waals surface area contributed by atoms with Crippen LogP contribution in [0.5, 0.6) is 0 Å². The van der Waals surface area contributed by atoms with Crippen LogP contribution in [0, 0.1) is 5.82 Å². The van der Waals surface area contributed by atoms with E-state index in [0.29, 0.717) is 32.4 Å². The smallest absolute Gasteiger partial charge is 0.259 e. The SMILES string of the molecule is O=C(c1c(F)cccc1Cl)N1CCCC12CCCN(CCO)C2=O. The van der Waals surface area contributed by atoms with Crippen LogP contribution in [0.25, 0.3) is 0 Å². The highest BCUT2D eigenvalue weighted by Gasteiger charge is 2.53. The summed E-state index contributed by atoms with van der Waals surface area (Å²) in [6.45, 7) is 1.11. The van der Waals surface area contributed by atoms with Gasteiger partial charge in [0.05, 0.1) is 17.2 Å². The third-order valence-corrected chi connectivity index (χ3v) is 5.30. The highest BCUT2D eigenvalue weighted by Crippen LogP contribution is 2.40. The van der Waals surface area contributed by atoms with Crippen LogP contribution >= 0.6 is 11.6 Å². The lowest BCUT2D eigenvalue weighted by atomic mass is 9.85. The molecule has 130 valence electrons. The lowest BCUT2D eigenvalue weighted by Gasteiger charge is -2.44. The number of nitrogens with zero attached hydrogens (tertiary/aromatic N) is 2. The van der Waals surface area contributed by atoms with Gasteiger partial charge in [-0.15, -0.1) is 0 Å². The van der Waals surface area contributed by atoms with Crippen molar-refractivity contribution in [2.45, 2.75) is 31.2 Å². The minimum absolute atomic E-state index is 0.0533. The normalized spacial score (nSPS) is 24.0. The van der Waals surface area contributed by atoms with Crippen molar-refractivity contribution in [3.8, 4) is 0 Å². The van der Waals surface area contributed by atoms with E-state index < -0.39 is 17.3 Å². The summed E-state index contributed by atoms with van der Waals surface area (Å²) >= 11 is 6.03. The van der Waals surface area contributed by atoms with E-state index in [9.17, 15) is 14.0 Å². The average molecular weight is 355 g/mol. The third-order valence-electron chi connectivity index (χ3n) is 4.98. The van der Waals surface area contributed by atoms with Gasteiger partial charge in [0.25, 0.3) is 5.91 Å². The number of halogens is 2. The summed E-state index contributed by atoms with van der Waals surface area (Å²) in [5.74, 6) is -1.36. The van der Waals surface area contributed by atoms with Crippen LogP contribution in [-0.2, 0) is 4.79 Å². The van der Waals surface area contributed by atoms with Gasteiger partial charge in [-0.3, -0.25) is 9.59 Å². The van der Waals surface area contributed by atoms with Gasteiger partial charge in [0.1, 0.15) is 11.4 Å². The van der Waals surface area contributed by atoms with Gasteiger partial charge < -0.3 is 14.9 Å². The number of hydrogen-bond donors (Lipinski definition) is 1. The maximum atomic E-state index is 14.1. The summed E-state index contributed by atoms with van der Waals surface area (Å²) in [6.07, 6.45) is 2.56. The molecular formula is C17H20ClFN2O3. The molecule has 2 aliphatic rings. The Morgan fingerprint density at radius 3 is 2.67 bits per heavy atom. The molecule has 2 saturated heterocycles. The number of piperidine rings is 1. The first-order chi connectivity index (χ1) is 11.5. The van der Waals surface area contributed by atoms with Crippen LogP contribution in [0.3, 0.4) is 0 Å². The number of aliphatic hydroxyl groups is 1. The fourth-order valence-corrected chi connectivity index (χ4v) is 4.14. The summed E-state index contributed by atoms with van der Waals surface area (Å²) in [5, 5.41) is 9.21. The van der Waals surface area contributed by atoms with E-state index in [2.05, 4.69) is 0 Å². The highest BCUT2D eigenvalue weighted by atomic mass is 35.5. The highest BCUT2D eigenvalue weighted by molar-refractivity contribution is 6.34. The molecule has 3 rings (SSSR count). The molecule has 0 bridgehead atoms. The molecule has 24 heavy (non-hydrogen) atoms. The van der Waals surface area contributed by atoms with Gasteiger partial charge in [0, 0.05) is 19.6 Å². The van der Waals surface area contributed by atoms with Crippen molar-refractivity contribution in [3.05, 3.63) is 34.6 Å². The minimum atomic E-state index is -0.934.